The van der Waals surface area contributed by atoms with Gasteiger partial charge in [-0.05, 0) is 70.8 Å². The third-order valence-corrected chi connectivity index (χ3v) is 9.59. The van der Waals surface area contributed by atoms with Crippen molar-refractivity contribution in [1.29, 1.82) is 5.26 Å². The van der Waals surface area contributed by atoms with E-state index in [4.69, 9.17) is 13.1 Å². The van der Waals surface area contributed by atoms with E-state index < -0.39 is 0 Å². The molecule has 0 fully saturated rings. The van der Waals surface area contributed by atoms with E-state index in [0.29, 0.717) is 22.6 Å². The predicted octanol–water partition coefficient (Wildman–Crippen LogP) is 12.2. The standard InChI is InChI=1S/C45H25N5/c1-47-39-23-22-31(30-11-9-12-32(26-30)49-41-18-6-3-13-33(41)34-14-4-7-19-42(34)49)27-37(39)36-16-10-17-40(48-2)45(36)50-43-20-8-5-15-35(43)38-25-29(28-46)21-24-44(38)50/h3-27H. The van der Waals surface area contributed by atoms with Crippen molar-refractivity contribution in [3.63, 3.8) is 0 Å². The molecule has 50 heavy (non-hydrogen) atoms. The molecule has 0 N–H and O–H groups in total. The van der Waals surface area contributed by atoms with Crippen molar-refractivity contribution >= 4 is 55.0 Å². The molecular weight excluding hydrogens is 611 g/mol. The number of para-hydroxylation sites is 4. The highest BCUT2D eigenvalue weighted by Gasteiger charge is 2.21. The fraction of sp³-hybridized carbons (Fsp3) is 0. The van der Waals surface area contributed by atoms with Crippen LogP contribution in [0, 0.1) is 24.5 Å². The average Bonchev–Trinajstić information content (AvgIpc) is 3.70. The zero-order valence-corrected chi connectivity index (χ0v) is 26.7. The van der Waals surface area contributed by atoms with Gasteiger partial charge >= 0.3 is 0 Å². The highest BCUT2D eigenvalue weighted by atomic mass is 15.0. The first-order chi connectivity index (χ1) is 24.7. The lowest BCUT2D eigenvalue weighted by Gasteiger charge is -2.18. The van der Waals surface area contributed by atoms with Crippen LogP contribution in [0.25, 0.3) is 86.9 Å². The van der Waals surface area contributed by atoms with E-state index in [-0.39, 0.29) is 0 Å². The van der Waals surface area contributed by atoms with E-state index in [2.05, 4.69) is 104 Å². The highest BCUT2D eigenvalue weighted by Crippen LogP contribution is 2.44. The molecule has 9 aromatic rings. The fourth-order valence-electron chi connectivity index (χ4n) is 7.41. The number of rotatable bonds is 4. The maximum Gasteiger partial charge on any atom is 0.211 e. The summed E-state index contributed by atoms with van der Waals surface area (Å²) < 4.78 is 4.41. The van der Waals surface area contributed by atoms with E-state index >= 15 is 0 Å². The summed E-state index contributed by atoms with van der Waals surface area (Å²) in [6.07, 6.45) is 0. The Kier molecular flexibility index (Phi) is 6.56. The maximum absolute atomic E-state index is 9.68. The second-order valence-corrected chi connectivity index (χ2v) is 12.2. The van der Waals surface area contributed by atoms with Gasteiger partial charge in [-0.2, -0.15) is 5.26 Å². The second-order valence-electron chi connectivity index (χ2n) is 12.2. The van der Waals surface area contributed by atoms with Gasteiger partial charge in [-0.25, -0.2) is 9.69 Å². The quantitative estimate of drug-likeness (QED) is 0.177. The predicted molar refractivity (Wildman–Crippen MR) is 203 cm³/mol. The SMILES string of the molecule is [C-]#[N+]c1ccc(-c2cccc(-n3c4ccccc4c4ccccc43)c2)cc1-c1cccc([N+]#[C-])c1-n1c2ccccc2c2cc(C#N)ccc21. The molecule has 5 nitrogen and oxygen atoms in total. The van der Waals surface area contributed by atoms with E-state index in [1.807, 2.05) is 72.8 Å². The van der Waals surface area contributed by atoms with Crippen LogP contribution in [0.15, 0.2) is 152 Å². The van der Waals surface area contributed by atoms with Crippen LogP contribution in [0.3, 0.4) is 0 Å². The first kappa shape index (κ1) is 28.8. The molecule has 0 saturated carbocycles. The molecule has 0 aliphatic carbocycles. The minimum absolute atomic E-state index is 0.476. The fourth-order valence-corrected chi connectivity index (χ4v) is 7.41. The molecule has 0 atom stereocenters. The van der Waals surface area contributed by atoms with Crippen LogP contribution in [0.4, 0.5) is 11.4 Å². The number of hydrogen-bond donors (Lipinski definition) is 0. The van der Waals surface area contributed by atoms with Crippen molar-refractivity contribution in [2.45, 2.75) is 0 Å². The van der Waals surface area contributed by atoms with Gasteiger partial charge in [0.1, 0.15) is 0 Å². The summed E-state index contributed by atoms with van der Waals surface area (Å²) in [5, 5.41) is 14.0. The highest BCUT2D eigenvalue weighted by molar-refractivity contribution is 6.11. The average molecular weight is 636 g/mol. The van der Waals surface area contributed by atoms with E-state index in [1.165, 1.54) is 10.8 Å². The van der Waals surface area contributed by atoms with Gasteiger partial charge in [-0.1, -0.05) is 103 Å². The van der Waals surface area contributed by atoms with Crippen LogP contribution in [-0.4, -0.2) is 9.13 Å². The monoisotopic (exact) mass is 635 g/mol. The molecule has 5 heteroatoms. The number of hydrogen-bond acceptors (Lipinski definition) is 1. The van der Waals surface area contributed by atoms with Gasteiger partial charge < -0.3 is 9.13 Å². The van der Waals surface area contributed by atoms with Gasteiger partial charge in [-0.15, -0.1) is 0 Å². The van der Waals surface area contributed by atoms with Gasteiger partial charge in [0.25, 0.3) is 0 Å². The Balaban J connectivity index is 1.27. The Morgan fingerprint density at radius 3 is 1.74 bits per heavy atom. The summed E-state index contributed by atoms with van der Waals surface area (Å²) >= 11 is 0. The van der Waals surface area contributed by atoms with Crippen molar-refractivity contribution in [2.75, 3.05) is 0 Å². The topological polar surface area (TPSA) is 42.4 Å². The van der Waals surface area contributed by atoms with Crippen molar-refractivity contribution < 1.29 is 0 Å². The summed E-state index contributed by atoms with van der Waals surface area (Å²) in [4.78, 5) is 7.94. The van der Waals surface area contributed by atoms with Crippen LogP contribution < -0.4 is 0 Å². The molecular formula is C45H25N5. The lowest BCUT2D eigenvalue weighted by Crippen LogP contribution is -1.98. The third-order valence-electron chi connectivity index (χ3n) is 9.59. The van der Waals surface area contributed by atoms with Crippen molar-refractivity contribution in [2.24, 2.45) is 0 Å². The molecule has 0 saturated heterocycles. The molecule has 230 valence electrons. The summed E-state index contributed by atoms with van der Waals surface area (Å²) in [7, 11) is 0. The Labute approximate surface area is 288 Å². The minimum atomic E-state index is 0.476. The largest absolute Gasteiger partial charge is 0.318 e. The summed E-state index contributed by atoms with van der Waals surface area (Å²) in [5.41, 5.74) is 10.9. The molecule has 0 aliphatic heterocycles. The van der Waals surface area contributed by atoms with Crippen LogP contribution in [-0.2, 0) is 0 Å². The number of aromatic nitrogens is 2. The zero-order valence-electron chi connectivity index (χ0n) is 26.7. The van der Waals surface area contributed by atoms with Crippen molar-refractivity contribution in [3.05, 3.63) is 180 Å². The summed E-state index contributed by atoms with van der Waals surface area (Å²) in [6, 6.07) is 53.1. The Morgan fingerprint density at radius 1 is 0.460 bits per heavy atom. The molecule has 2 heterocycles. The van der Waals surface area contributed by atoms with E-state index in [1.54, 1.807) is 0 Å². The molecule has 0 spiro atoms. The number of fused-ring (bicyclic) bond motifs is 6. The van der Waals surface area contributed by atoms with Gasteiger partial charge in [-0.3, -0.25) is 0 Å². The maximum atomic E-state index is 9.68. The van der Waals surface area contributed by atoms with Crippen molar-refractivity contribution in [1.82, 2.24) is 9.13 Å². The smallest absolute Gasteiger partial charge is 0.211 e. The normalized spacial score (nSPS) is 11.1. The molecule has 9 rings (SSSR count). The minimum Gasteiger partial charge on any atom is -0.318 e. The van der Waals surface area contributed by atoms with Gasteiger partial charge in [0.15, 0.2) is 5.69 Å². The van der Waals surface area contributed by atoms with Crippen LogP contribution in [0.1, 0.15) is 5.56 Å². The van der Waals surface area contributed by atoms with Crippen LogP contribution >= 0.6 is 0 Å². The van der Waals surface area contributed by atoms with Crippen LogP contribution in [0.2, 0.25) is 0 Å². The number of nitriles is 1. The first-order valence-electron chi connectivity index (χ1n) is 16.2. The Morgan fingerprint density at radius 2 is 1.06 bits per heavy atom. The number of benzene rings is 7. The summed E-state index contributed by atoms with van der Waals surface area (Å²) in [5.74, 6) is 0. The number of nitrogens with zero attached hydrogens (tertiary/aromatic N) is 5. The third kappa shape index (κ3) is 4.31. The van der Waals surface area contributed by atoms with E-state index in [9.17, 15) is 5.26 Å². The van der Waals surface area contributed by atoms with Crippen molar-refractivity contribution in [3.8, 4) is 39.7 Å². The molecule has 0 radical (unpaired) electrons. The molecule has 2 aromatic heterocycles. The molecule has 0 bridgehead atoms. The van der Waals surface area contributed by atoms with Gasteiger partial charge in [0.05, 0.1) is 52.5 Å². The van der Waals surface area contributed by atoms with E-state index in [0.717, 1.165) is 60.8 Å². The second kappa shape index (κ2) is 11.4. The van der Waals surface area contributed by atoms with Crippen LogP contribution in [0.5, 0.6) is 0 Å². The Hall–Kier alpha value is -7.39. The molecule has 0 aliphatic rings. The molecule has 0 amide bonds. The Bertz CT molecular complexity index is 2920. The lowest BCUT2D eigenvalue weighted by atomic mass is 9.95. The van der Waals surface area contributed by atoms with Gasteiger partial charge in [0.2, 0.25) is 5.69 Å². The van der Waals surface area contributed by atoms with Gasteiger partial charge in [0, 0.05) is 27.2 Å². The first-order valence-corrected chi connectivity index (χ1v) is 16.2. The lowest BCUT2D eigenvalue weighted by molar-refractivity contribution is 1.18. The molecule has 0 unspecified atom stereocenters. The zero-order chi connectivity index (χ0) is 33.8. The molecule has 7 aromatic carbocycles. The summed E-state index contributed by atoms with van der Waals surface area (Å²) in [6.45, 7) is 16.4.